The van der Waals surface area contributed by atoms with Crippen LogP contribution in [0, 0.1) is 5.92 Å². The van der Waals surface area contributed by atoms with E-state index in [2.05, 4.69) is 13.8 Å². The third kappa shape index (κ3) is 3.58. The minimum absolute atomic E-state index is 0.382. The lowest BCUT2D eigenvalue weighted by Crippen LogP contribution is -2.22. The molecule has 2 nitrogen and oxygen atoms in total. The van der Waals surface area contributed by atoms with Crippen molar-refractivity contribution in [2.75, 3.05) is 13.7 Å². The first-order chi connectivity index (χ1) is 7.58. The SMILES string of the molecule is COc1ccc(Cl)cc1SC(CN)C(C)C. The lowest BCUT2D eigenvalue weighted by atomic mass is 10.1. The van der Waals surface area contributed by atoms with E-state index < -0.39 is 0 Å². The first-order valence-corrected chi connectivity index (χ1v) is 6.54. The first-order valence-electron chi connectivity index (χ1n) is 5.28. The van der Waals surface area contributed by atoms with Crippen LogP contribution in [0.5, 0.6) is 5.75 Å². The topological polar surface area (TPSA) is 35.2 Å². The van der Waals surface area contributed by atoms with Gasteiger partial charge in [0.15, 0.2) is 0 Å². The molecule has 0 saturated heterocycles. The summed E-state index contributed by atoms with van der Waals surface area (Å²) in [6, 6.07) is 5.64. The molecule has 0 saturated carbocycles. The Kier molecular flexibility index (Phi) is 5.46. The van der Waals surface area contributed by atoms with Gasteiger partial charge in [0, 0.05) is 16.8 Å². The Labute approximate surface area is 107 Å². The minimum Gasteiger partial charge on any atom is -0.496 e. The van der Waals surface area contributed by atoms with E-state index in [4.69, 9.17) is 22.1 Å². The fourth-order valence-corrected chi connectivity index (χ4v) is 2.76. The van der Waals surface area contributed by atoms with E-state index in [1.165, 1.54) is 0 Å². The quantitative estimate of drug-likeness (QED) is 0.823. The molecule has 90 valence electrons. The number of ether oxygens (including phenoxy) is 1. The lowest BCUT2D eigenvalue weighted by Gasteiger charge is -2.19. The standard InChI is InChI=1S/C12H18ClNOS/c1-8(2)12(7-14)16-11-6-9(13)4-5-10(11)15-3/h4-6,8,12H,7,14H2,1-3H3. The Balaban J connectivity index is 2.89. The van der Waals surface area contributed by atoms with Crippen LogP contribution in [0.25, 0.3) is 0 Å². The van der Waals surface area contributed by atoms with E-state index in [0.29, 0.717) is 17.7 Å². The molecule has 0 heterocycles. The van der Waals surface area contributed by atoms with Crippen molar-refractivity contribution in [1.82, 2.24) is 0 Å². The van der Waals surface area contributed by atoms with Gasteiger partial charge in [-0.1, -0.05) is 25.4 Å². The summed E-state index contributed by atoms with van der Waals surface area (Å²) < 4.78 is 5.31. The van der Waals surface area contributed by atoms with Crippen molar-refractivity contribution in [3.05, 3.63) is 23.2 Å². The third-order valence-corrected chi connectivity index (χ3v) is 4.23. The van der Waals surface area contributed by atoms with Gasteiger partial charge in [-0.3, -0.25) is 0 Å². The Morgan fingerprint density at radius 3 is 2.62 bits per heavy atom. The van der Waals surface area contributed by atoms with Crippen LogP contribution in [-0.4, -0.2) is 18.9 Å². The summed E-state index contributed by atoms with van der Waals surface area (Å²) in [7, 11) is 1.67. The summed E-state index contributed by atoms with van der Waals surface area (Å²) in [5.74, 6) is 1.38. The Hall–Kier alpha value is -0.380. The molecule has 0 bridgehead atoms. The number of rotatable bonds is 5. The van der Waals surface area contributed by atoms with Gasteiger partial charge in [-0.2, -0.15) is 0 Å². The molecule has 4 heteroatoms. The summed E-state index contributed by atoms with van der Waals surface area (Å²) in [6.45, 7) is 4.99. The third-order valence-electron chi connectivity index (χ3n) is 2.38. The zero-order chi connectivity index (χ0) is 12.1. The smallest absolute Gasteiger partial charge is 0.132 e. The zero-order valence-electron chi connectivity index (χ0n) is 9.87. The van der Waals surface area contributed by atoms with E-state index in [9.17, 15) is 0 Å². The van der Waals surface area contributed by atoms with E-state index in [0.717, 1.165) is 15.7 Å². The number of methoxy groups -OCH3 is 1. The highest BCUT2D eigenvalue weighted by Crippen LogP contribution is 2.36. The zero-order valence-corrected chi connectivity index (χ0v) is 11.4. The maximum atomic E-state index is 5.98. The molecule has 0 aliphatic carbocycles. The van der Waals surface area contributed by atoms with E-state index in [1.54, 1.807) is 18.9 Å². The molecule has 1 atom stereocenters. The average molecular weight is 260 g/mol. The second-order valence-electron chi connectivity index (χ2n) is 3.93. The van der Waals surface area contributed by atoms with Crippen molar-refractivity contribution < 1.29 is 4.74 Å². The van der Waals surface area contributed by atoms with Crippen molar-refractivity contribution in [2.45, 2.75) is 24.0 Å². The van der Waals surface area contributed by atoms with Crippen molar-refractivity contribution in [3.8, 4) is 5.75 Å². The molecular weight excluding hydrogens is 242 g/mol. The molecule has 1 unspecified atom stereocenters. The van der Waals surface area contributed by atoms with Gasteiger partial charge in [-0.25, -0.2) is 0 Å². The summed E-state index contributed by atoms with van der Waals surface area (Å²) in [5.41, 5.74) is 5.76. The predicted molar refractivity (Wildman–Crippen MR) is 71.5 cm³/mol. The molecule has 1 aromatic carbocycles. The van der Waals surface area contributed by atoms with E-state index in [-0.39, 0.29) is 0 Å². The van der Waals surface area contributed by atoms with Crippen LogP contribution < -0.4 is 10.5 Å². The van der Waals surface area contributed by atoms with Gasteiger partial charge < -0.3 is 10.5 Å². The molecule has 0 spiro atoms. The minimum atomic E-state index is 0.382. The van der Waals surface area contributed by atoms with Crippen molar-refractivity contribution in [1.29, 1.82) is 0 Å². The van der Waals surface area contributed by atoms with Crippen LogP contribution in [0.4, 0.5) is 0 Å². The number of thioether (sulfide) groups is 1. The van der Waals surface area contributed by atoms with Crippen molar-refractivity contribution in [2.24, 2.45) is 11.7 Å². The molecule has 2 N–H and O–H groups in total. The maximum Gasteiger partial charge on any atom is 0.132 e. The number of hydrogen-bond acceptors (Lipinski definition) is 3. The number of halogens is 1. The molecule has 1 rings (SSSR count). The molecule has 0 fully saturated rings. The molecule has 0 radical (unpaired) electrons. The second-order valence-corrected chi connectivity index (χ2v) is 5.65. The van der Waals surface area contributed by atoms with Gasteiger partial charge in [0.1, 0.15) is 5.75 Å². The van der Waals surface area contributed by atoms with Crippen molar-refractivity contribution in [3.63, 3.8) is 0 Å². The predicted octanol–water partition coefficient (Wildman–Crippen LogP) is 3.42. The highest BCUT2D eigenvalue weighted by molar-refractivity contribution is 8.00. The monoisotopic (exact) mass is 259 g/mol. The van der Waals surface area contributed by atoms with Crippen LogP contribution in [0.15, 0.2) is 23.1 Å². The van der Waals surface area contributed by atoms with Gasteiger partial charge in [0.25, 0.3) is 0 Å². The highest BCUT2D eigenvalue weighted by atomic mass is 35.5. The average Bonchev–Trinajstić information content (AvgIpc) is 2.25. The molecule has 0 aromatic heterocycles. The van der Waals surface area contributed by atoms with Gasteiger partial charge in [0.05, 0.1) is 12.0 Å². The molecule has 0 aliphatic rings. The number of hydrogen-bond donors (Lipinski definition) is 1. The second kappa shape index (κ2) is 6.38. The summed E-state index contributed by atoms with van der Waals surface area (Å²) in [4.78, 5) is 1.05. The fourth-order valence-electron chi connectivity index (χ4n) is 1.36. The normalized spacial score (nSPS) is 12.9. The van der Waals surface area contributed by atoms with Crippen LogP contribution in [0.2, 0.25) is 5.02 Å². The Morgan fingerprint density at radius 1 is 1.44 bits per heavy atom. The van der Waals surface area contributed by atoms with Crippen LogP contribution >= 0.6 is 23.4 Å². The highest BCUT2D eigenvalue weighted by Gasteiger charge is 2.15. The fraction of sp³-hybridized carbons (Fsp3) is 0.500. The molecule has 1 aromatic rings. The molecule has 0 amide bonds. The Bertz CT molecular complexity index is 344. The van der Waals surface area contributed by atoms with E-state index >= 15 is 0 Å². The van der Waals surface area contributed by atoms with Crippen molar-refractivity contribution >= 4 is 23.4 Å². The van der Waals surface area contributed by atoms with Gasteiger partial charge in [0.2, 0.25) is 0 Å². The van der Waals surface area contributed by atoms with E-state index in [1.807, 2.05) is 18.2 Å². The summed E-state index contributed by atoms with van der Waals surface area (Å²) in [5, 5.41) is 1.11. The lowest BCUT2D eigenvalue weighted by molar-refractivity contribution is 0.404. The number of nitrogens with two attached hydrogens (primary N) is 1. The first kappa shape index (κ1) is 13.7. The maximum absolute atomic E-state index is 5.98. The molecular formula is C12H18ClNOS. The number of benzene rings is 1. The Morgan fingerprint density at radius 2 is 2.12 bits per heavy atom. The van der Waals surface area contributed by atoms with Gasteiger partial charge in [-0.05, 0) is 24.1 Å². The molecule has 0 aliphatic heterocycles. The van der Waals surface area contributed by atoms with Crippen LogP contribution in [-0.2, 0) is 0 Å². The molecule has 16 heavy (non-hydrogen) atoms. The summed E-state index contributed by atoms with van der Waals surface area (Å²) >= 11 is 7.71. The van der Waals surface area contributed by atoms with Crippen LogP contribution in [0.3, 0.4) is 0 Å². The largest absolute Gasteiger partial charge is 0.496 e. The summed E-state index contributed by atoms with van der Waals surface area (Å²) in [6.07, 6.45) is 0. The van der Waals surface area contributed by atoms with Gasteiger partial charge in [-0.15, -0.1) is 11.8 Å². The van der Waals surface area contributed by atoms with Crippen LogP contribution in [0.1, 0.15) is 13.8 Å². The van der Waals surface area contributed by atoms with Gasteiger partial charge >= 0.3 is 0 Å².